The zero-order valence-corrected chi connectivity index (χ0v) is 12.2. The number of rotatable bonds is 5. The molecule has 20 heavy (non-hydrogen) atoms. The number of nitrogens with zero attached hydrogens (tertiary/aromatic N) is 4. The molecule has 2 aromatic rings. The maximum Gasteiger partial charge on any atom is 0.360 e. The van der Waals surface area contributed by atoms with E-state index in [0.717, 1.165) is 0 Å². The predicted molar refractivity (Wildman–Crippen MR) is 71.0 cm³/mol. The van der Waals surface area contributed by atoms with E-state index in [-0.39, 0.29) is 5.69 Å². The average Bonchev–Trinajstić information content (AvgIpc) is 2.99. The monoisotopic (exact) mass is 297 g/mol. The third-order valence-electron chi connectivity index (χ3n) is 2.82. The Morgan fingerprint density at radius 2 is 2.25 bits per heavy atom. The zero-order valence-electron chi connectivity index (χ0n) is 11.4. The number of hydrogen-bond acceptors (Lipinski definition) is 8. The van der Waals surface area contributed by atoms with Crippen LogP contribution in [0.3, 0.4) is 0 Å². The van der Waals surface area contributed by atoms with Gasteiger partial charge in [0.2, 0.25) is 0 Å². The third-order valence-corrected chi connectivity index (χ3v) is 3.86. The van der Waals surface area contributed by atoms with Crippen LogP contribution in [-0.2, 0) is 24.1 Å². The highest BCUT2D eigenvalue weighted by Crippen LogP contribution is 2.25. The number of hydrogen-bond donors (Lipinski definition) is 1. The van der Waals surface area contributed by atoms with E-state index < -0.39 is 5.97 Å². The number of esters is 1. The van der Waals surface area contributed by atoms with Gasteiger partial charge in [0.05, 0.1) is 13.7 Å². The lowest BCUT2D eigenvalue weighted by atomic mass is 10.2. The first-order valence-electron chi connectivity index (χ1n) is 5.83. The van der Waals surface area contributed by atoms with Crippen molar-refractivity contribution in [2.45, 2.75) is 24.4 Å². The van der Waals surface area contributed by atoms with Crippen molar-refractivity contribution in [1.82, 2.24) is 19.9 Å². The smallest absolute Gasteiger partial charge is 0.360 e. The summed E-state index contributed by atoms with van der Waals surface area (Å²) in [7, 11) is 3.14. The quantitative estimate of drug-likeness (QED) is 0.633. The molecule has 0 saturated heterocycles. The molecule has 0 unspecified atom stereocenters. The summed E-state index contributed by atoms with van der Waals surface area (Å²) in [4.78, 5) is 11.6. The number of carbonyl (C=O) groups excluding carboxylic acids is 1. The molecule has 0 atom stereocenters. The van der Waals surface area contributed by atoms with Crippen LogP contribution in [0, 0.1) is 6.92 Å². The van der Waals surface area contributed by atoms with Gasteiger partial charge in [0.1, 0.15) is 11.6 Å². The lowest BCUT2D eigenvalue weighted by molar-refractivity contribution is 0.0588. The van der Waals surface area contributed by atoms with Gasteiger partial charge in [-0.3, -0.25) is 0 Å². The Labute approximate surface area is 119 Å². The van der Waals surface area contributed by atoms with Gasteiger partial charge in [-0.2, -0.15) is 0 Å². The maximum absolute atomic E-state index is 11.6. The number of ether oxygens (including phenoxy) is 1. The van der Waals surface area contributed by atoms with Gasteiger partial charge >= 0.3 is 5.97 Å². The van der Waals surface area contributed by atoms with Crippen molar-refractivity contribution in [2.24, 2.45) is 12.8 Å². The number of methoxy groups -OCH3 is 1. The van der Waals surface area contributed by atoms with Gasteiger partial charge < -0.3 is 19.6 Å². The molecule has 2 heterocycles. The van der Waals surface area contributed by atoms with E-state index in [0.29, 0.717) is 34.6 Å². The molecule has 2 rings (SSSR count). The minimum absolute atomic E-state index is 0.193. The minimum atomic E-state index is -0.516. The van der Waals surface area contributed by atoms with Crippen molar-refractivity contribution in [3.8, 4) is 0 Å². The largest absolute Gasteiger partial charge is 0.464 e. The molecular formula is C11H15N5O3S. The summed E-state index contributed by atoms with van der Waals surface area (Å²) in [6, 6.07) is 0. The lowest BCUT2D eigenvalue weighted by Gasteiger charge is -2.02. The summed E-state index contributed by atoms with van der Waals surface area (Å²) in [6.07, 6.45) is 0. The molecule has 0 aromatic carbocycles. The highest BCUT2D eigenvalue weighted by atomic mass is 32.2. The molecule has 0 aliphatic heterocycles. The second kappa shape index (κ2) is 6.06. The van der Waals surface area contributed by atoms with E-state index in [1.54, 1.807) is 6.92 Å². The van der Waals surface area contributed by atoms with Crippen molar-refractivity contribution in [3.63, 3.8) is 0 Å². The summed E-state index contributed by atoms with van der Waals surface area (Å²) in [6.45, 7) is 2.07. The van der Waals surface area contributed by atoms with Crippen molar-refractivity contribution in [2.75, 3.05) is 7.11 Å². The molecule has 8 nitrogen and oxygen atoms in total. The molecule has 0 saturated carbocycles. The highest BCUT2D eigenvalue weighted by Gasteiger charge is 2.21. The Kier molecular flexibility index (Phi) is 4.40. The van der Waals surface area contributed by atoms with Gasteiger partial charge in [0.25, 0.3) is 0 Å². The summed E-state index contributed by atoms with van der Waals surface area (Å²) >= 11 is 1.42. The zero-order chi connectivity index (χ0) is 14.7. The van der Waals surface area contributed by atoms with Gasteiger partial charge in [-0.1, -0.05) is 16.9 Å². The number of carbonyl (C=O) groups is 1. The van der Waals surface area contributed by atoms with Crippen molar-refractivity contribution >= 4 is 17.7 Å². The van der Waals surface area contributed by atoms with E-state index in [4.69, 9.17) is 10.3 Å². The predicted octanol–water partition coefficient (Wildman–Crippen LogP) is 0.649. The molecule has 108 valence electrons. The number of aromatic nitrogens is 4. The standard InChI is InChI=1S/C11H15N5O3S/c1-6-7(9(15-19-6)10(17)18-3)5-20-11-14-13-8(4-12)16(11)2/h4-5,12H2,1-3H3. The summed E-state index contributed by atoms with van der Waals surface area (Å²) in [5, 5.41) is 12.4. The molecule has 0 bridgehead atoms. The van der Waals surface area contributed by atoms with Crippen LogP contribution >= 0.6 is 11.8 Å². The average molecular weight is 297 g/mol. The first-order valence-corrected chi connectivity index (χ1v) is 6.81. The molecule has 9 heteroatoms. The second-order valence-electron chi connectivity index (χ2n) is 4.01. The van der Waals surface area contributed by atoms with Crippen LogP contribution in [0.1, 0.15) is 27.6 Å². The van der Waals surface area contributed by atoms with Gasteiger partial charge in [0.15, 0.2) is 10.9 Å². The van der Waals surface area contributed by atoms with Crippen LogP contribution in [0.2, 0.25) is 0 Å². The number of aryl methyl sites for hydroxylation is 1. The summed E-state index contributed by atoms with van der Waals surface area (Å²) in [5.41, 5.74) is 6.43. The number of thioether (sulfide) groups is 1. The van der Waals surface area contributed by atoms with Gasteiger partial charge in [-0.05, 0) is 6.92 Å². The Morgan fingerprint density at radius 1 is 1.50 bits per heavy atom. The molecule has 0 spiro atoms. The van der Waals surface area contributed by atoms with Crippen LogP contribution in [0.4, 0.5) is 0 Å². The van der Waals surface area contributed by atoms with Gasteiger partial charge in [0, 0.05) is 18.4 Å². The molecular weight excluding hydrogens is 282 g/mol. The van der Waals surface area contributed by atoms with Gasteiger partial charge in [-0.25, -0.2) is 4.79 Å². The van der Waals surface area contributed by atoms with Crippen LogP contribution in [0.25, 0.3) is 0 Å². The lowest BCUT2D eigenvalue weighted by Crippen LogP contribution is -2.06. The molecule has 0 fully saturated rings. The topological polar surface area (TPSA) is 109 Å². The van der Waals surface area contributed by atoms with E-state index in [9.17, 15) is 4.79 Å². The van der Waals surface area contributed by atoms with Crippen LogP contribution in [-0.4, -0.2) is 33.0 Å². The molecule has 0 radical (unpaired) electrons. The van der Waals surface area contributed by atoms with Crippen molar-refractivity contribution in [1.29, 1.82) is 0 Å². The fraction of sp³-hybridized carbons (Fsp3) is 0.455. The fourth-order valence-electron chi connectivity index (χ4n) is 1.60. The molecule has 2 aromatic heterocycles. The third kappa shape index (κ3) is 2.68. The summed E-state index contributed by atoms with van der Waals surface area (Å²) < 4.78 is 11.5. The normalized spacial score (nSPS) is 10.8. The Morgan fingerprint density at radius 3 is 2.85 bits per heavy atom. The Bertz CT molecular complexity index is 622. The van der Waals surface area contributed by atoms with Crippen LogP contribution < -0.4 is 5.73 Å². The van der Waals surface area contributed by atoms with E-state index >= 15 is 0 Å². The van der Waals surface area contributed by atoms with E-state index in [2.05, 4.69) is 20.1 Å². The van der Waals surface area contributed by atoms with Crippen molar-refractivity contribution in [3.05, 3.63) is 22.8 Å². The number of nitrogens with two attached hydrogens (primary N) is 1. The first-order chi connectivity index (χ1) is 9.58. The molecule has 0 aliphatic rings. The first kappa shape index (κ1) is 14.5. The summed E-state index contributed by atoms with van der Waals surface area (Å²) in [5.74, 6) is 1.25. The van der Waals surface area contributed by atoms with E-state index in [1.165, 1.54) is 18.9 Å². The molecule has 0 aliphatic carbocycles. The fourth-order valence-corrected chi connectivity index (χ4v) is 2.61. The Balaban J connectivity index is 2.16. The van der Waals surface area contributed by atoms with Crippen molar-refractivity contribution < 1.29 is 14.1 Å². The minimum Gasteiger partial charge on any atom is -0.464 e. The molecule has 2 N–H and O–H groups in total. The SMILES string of the molecule is COC(=O)c1noc(C)c1CSc1nnc(CN)n1C. The van der Waals surface area contributed by atoms with E-state index in [1.807, 2.05) is 11.6 Å². The van der Waals surface area contributed by atoms with Crippen LogP contribution in [0.5, 0.6) is 0 Å². The Hall–Kier alpha value is -1.87. The van der Waals surface area contributed by atoms with Gasteiger partial charge in [-0.15, -0.1) is 10.2 Å². The maximum atomic E-state index is 11.6. The second-order valence-corrected chi connectivity index (χ2v) is 4.95. The molecule has 0 amide bonds. The van der Waals surface area contributed by atoms with Crippen LogP contribution in [0.15, 0.2) is 9.68 Å². The highest BCUT2D eigenvalue weighted by molar-refractivity contribution is 7.98.